The van der Waals surface area contributed by atoms with E-state index in [1.165, 1.54) is 0 Å². The molecule has 1 aromatic carbocycles. The van der Waals surface area contributed by atoms with Gasteiger partial charge in [0.05, 0.1) is 30.7 Å². The molecule has 2 aliphatic heterocycles. The second-order valence-corrected chi connectivity index (χ2v) is 13.8. The standard InChI is InChI=1S/C35H48N4O6/c1-4-24-28(21-40)39-20-30(24)44-32-26(36-25-16-15-23(43-3)19-27(25)37-32)13-7-5-6-11-22-12-10-14-29(22)45-34(42)38-31(33(39)41)35(2)17-8-9-18-35/h15-16,19,21-22,24,28-31H,4-14,17-18,20H2,1-3H3,(H,38,42)/t22-,24+,28-,29-,30+,31-/m1/s1. The molecule has 2 bridgehead atoms. The van der Waals surface area contributed by atoms with Gasteiger partial charge in [-0.15, -0.1) is 0 Å². The highest BCUT2D eigenvalue weighted by Gasteiger charge is 2.51. The maximum Gasteiger partial charge on any atom is 0.408 e. The Bertz CT molecular complexity index is 1390. The minimum Gasteiger partial charge on any atom is -0.497 e. The van der Waals surface area contributed by atoms with E-state index >= 15 is 0 Å². The van der Waals surface area contributed by atoms with Gasteiger partial charge in [-0.2, -0.15) is 0 Å². The van der Waals surface area contributed by atoms with Crippen molar-refractivity contribution < 1.29 is 28.6 Å². The molecule has 244 valence electrons. The number of benzene rings is 1. The van der Waals surface area contributed by atoms with Crippen LogP contribution in [-0.4, -0.2) is 71.1 Å². The summed E-state index contributed by atoms with van der Waals surface area (Å²) in [6.07, 6.45) is 11.7. The van der Waals surface area contributed by atoms with Gasteiger partial charge in [0.25, 0.3) is 0 Å². The molecule has 3 heterocycles. The number of alkyl carbamates (subject to hydrolysis) is 1. The summed E-state index contributed by atoms with van der Waals surface area (Å²) in [4.78, 5) is 52.1. The van der Waals surface area contributed by atoms with Gasteiger partial charge >= 0.3 is 6.09 Å². The van der Waals surface area contributed by atoms with E-state index < -0.39 is 29.7 Å². The van der Waals surface area contributed by atoms with Crippen LogP contribution in [0.2, 0.25) is 0 Å². The Morgan fingerprint density at radius 3 is 2.56 bits per heavy atom. The van der Waals surface area contributed by atoms with Crippen LogP contribution >= 0.6 is 0 Å². The summed E-state index contributed by atoms with van der Waals surface area (Å²) in [5.74, 6) is 0.995. The molecule has 2 aromatic rings. The van der Waals surface area contributed by atoms with E-state index in [4.69, 9.17) is 24.2 Å². The number of nitrogens with one attached hydrogen (secondary N) is 1. The molecule has 6 rings (SSSR count). The van der Waals surface area contributed by atoms with E-state index in [-0.39, 0.29) is 24.5 Å². The molecule has 1 aromatic heterocycles. The number of amides is 2. The third kappa shape index (κ3) is 6.47. The van der Waals surface area contributed by atoms with Crippen LogP contribution in [0.4, 0.5) is 4.79 Å². The van der Waals surface area contributed by atoms with Crippen molar-refractivity contribution in [3.05, 3.63) is 23.9 Å². The lowest BCUT2D eigenvalue weighted by Gasteiger charge is -2.37. The SMILES string of the molecule is CC[C@@H]1[C@@H]2CN(C(=O)[C@H](C3(C)CCCC3)NC(=O)O[C@@H]3CCC[C@H]3CCCCCc3nc4ccc(OC)cc4nc3O2)[C@@H]1C=O. The lowest BCUT2D eigenvalue weighted by molar-refractivity contribution is -0.140. The molecule has 10 heteroatoms. The van der Waals surface area contributed by atoms with Crippen LogP contribution in [0.15, 0.2) is 18.2 Å². The summed E-state index contributed by atoms with van der Waals surface area (Å²) in [7, 11) is 1.62. The largest absolute Gasteiger partial charge is 0.497 e. The maximum atomic E-state index is 14.5. The van der Waals surface area contributed by atoms with Crippen LogP contribution in [0.5, 0.6) is 11.6 Å². The minimum atomic E-state index is -0.784. The first-order valence-electron chi connectivity index (χ1n) is 17.1. The lowest BCUT2D eigenvalue weighted by atomic mass is 9.79. The first-order chi connectivity index (χ1) is 21.8. The van der Waals surface area contributed by atoms with Gasteiger partial charge in [-0.05, 0) is 81.3 Å². The van der Waals surface area contributed by atoms with Crippen molar-refractivity contribution in [2.75, 3.05) is 13.7 Å². The van der Waals surface area contributed by atoms with Gasteiger partial charge in [0.15, 0.2) is 0 Å². The zero-order valence-corrected chi connectivity index (χ0v) is 27.0. The van der Waals surface area contributed by atoms with Crippen LogP contribution in [0.25, 0.3) is 11.0 Å². The van der Waals surface area contributed by atoms with E-state index in [0.29, 0.717) is 35.9 Å². The Kier molecular flexibility index (Phi) is 9.47. The van der Waals surface area contributed by atoms with E-state index in [1.807, 2.05) is 25.1 Å². The molecule has 2 aliphatic carbocycles. The number of aromatic nitrogens is 2. The highest BCUT2D eigenvalue weighted by molar-refractivity contribution is 5.89. The molecule has 2 amide bonds. The molecule has 6 atom stereocenters. The predicted molar refractivity (Wildman–Crippen MR) is 169 cm³/mol. The summed E-state index contributed by atoms with van der Waals surface area (Å²) in [5.41, 5.74) is 1.82. The summed E-state index contributed by atoms with van der Waals surface area (Å²) in [5, 5.41) is 3.03. The first-order valence-corrected chi connectivity index (χ1v) is 17.1. The highest BCUT2D eigenvalue weighted by Crippen LogP contribution is 2.43. The number of rotatable bonds is 4. The van der Waals surface area contributed by atoms with Crippen LogP contribution in [0.3, 0.4) is 0 Å². The summed E-state index contributed by atoms with van der Waals surface area (Å²) < 4.78 is 18.2. The van der Waals surface area contributed by atoms with Crippen LogP contribution in [0, 0.1) is 17.3 Å². The molecule has 0 radical (unpaired) electrons. The number of methoxy groups -OCH3 is 1. The topological polar surface area (TPSA) is 120 Å². The number of nitrogens with zero attached hydrogens (tertiary/aromatic N) is 3. The van der Waals surface area contributed by atoms with Crippen molar-refractivity contribution in [1.82, 2.24) is 20.2 Å². The van der Waals surface area contributed by atoms with Crippen molar-refractivity contribution >= 4 is 29.3 Å². The number of carbonyl (C=O) groups is 3. The normalized spacial score (nSPS) is 30.8. The minimum absolute atomic E-state index is 0.136. The number of aryl methyl sites for hydroxylation is 1. The first kappa shape index (κ1) is 31.5. The molecule has 0 spiro atoms. The number of aldehydes is 1. The molecule has 45 heavy (non-hydrogen) atoms. The Morgan fingerprint density at radius 1 is 1.00 bits per heavy atom. The Labute approximate surface area is 266 Å². The Balaban J connectivity index is 1.37. The fourth-order valence-corrected chi connectivity index (χ4v) is 8.35. The van der Waals surface area contributed by atoms with Crippen LogP contribution < -0.4 is 14.8 Å². The summed E-state index contributed by atoms with van der Waals surface area (Å²) in [6, 6.07) is 4.19. The lowest BCUT2D eigenvalue weighted by Crippen LogP contribution is -2.57. The summed E-state index contributed by atoms with van der Waals surface area (Å²) >= 11 is 0. The van der Waals surface area contributed by atoms with Crippen molar-refractivity contribution in [3.8, 4) is 11.6 Å². The predicted octanol–water partition coefficient (Wildman–Crippen LogP) is 5.78. The molecule has 1 saturated heterocycles. The van der Waals surface area contributed by atoms with E-state index in [2.05, 4.69) is 12.2 Å². The third-order valence-electron chi connectivity index (χ3n) is 11.0. The average molecular weight is 621 g/mol. The average Bonchev–Trinajstić information content (AvgIpc) is 3.77. The van der Waals surface area contributed by atoms with Gasteiger partial charge in [-0.25, -0.2) is 14.8 Å². The highest BCUT2D eigenvalue weighted by atomic mass is 16.6. The van der Waals surface area contributed by atoms with Crippen molar-refractivity contribution in [2.45, 2.75) is 122 Å². The van der Waals surface area contributed by atoms with Crippen LogP contribution in [0.1, 0.15) is 96.6 Å². The van der Waals surface area contributed by atoms with Gasteiger partial charge < -0.3 is 29.2 Å². The molecule has 3 fully saturated rings. The molecule has 10 nitrogen and oxygen atoms in total. The smallest absolute Gasteiger partial charge is 0.408 e. The Hall–Kier alpha value is -3.43. The number of hydrogen-bond acceptors (Lipinski definition) is 8. The van der Waals surface area contributed by atoms with Gasteiger partial charge in [0.2, 0.25) is 11.8 Å². The van der Waals surface area contributed by atoms with E-state index in [1.54, 1.807) is 12.0 Å². The molecular formula is C35H48N4O6. The zero-order valence-electron chi connectivity index (χ0n) is 27.0. The Morgan fingerprint density at radius 2 is 1.80 bits per heavy atom. The quantitative estimate of drug-likeness (QED) is 0.427. The second kappa shape index (κ2) is 13.5. The van der Waals surface area contributed by atoms with E-state index in [9.17, 15) is 14.4 Å². The second-order valence-electron chi connectivity index (χ2n) is 13.8. The van der Waals surface area contributed by atoms with Gasteiger partial charge in [0.1, 0.15) is 36.0 Å². The van der Waals surface area contributed by atoms with Crippen molar-refractivity contribution in [1.29, 1.82) is 0 Å². The molecular weight excluding hydrogens is 572 g/mol. The molecule has 1 N–H and O–H groups in total. The zero-order chi connectivity index (χ0) is 31.6. The number of carbonyl (C=O) groups excluding carboxylic acids is 3. The monoisotopic (exact) mass is 620 g/mol. The fourth-order valence-electron chi connectivity index (χ4n) is 8.35. The fraction of sp³-hybridized carbons (Fsp3) is 0.686. The van der Waals surface area contributed by atoms with Gasteiger partial charge in [-0.1, -0.05) is 39.5 Å². The van der Waals surface area contributed by atoms with Gasteiger partial charge in [0, 0.05) is 12.0 Å². The molecule has 2 saturated carbocycles. The maximum absolute atomic E-state index is 14.5. The number of ether oxygens (including phenoxy) is 3. The van der Waals surface area contributed by atoms with E-state index in [0.717, 1.165) is 88.1 Å². The summed E-state index contributed by atoms with van der Waals surface area (Å²) in [6.45, 7) is 4.32. The molecule has 4 aliphatic rings. The number of hydrogen-bond donors (Lipinski definition) is 1. The van der Waals surface area contributed by atoms with Crippen molar-refractivity contribution in [3.63, 3.8) is 0 Å². The number of fused-ring (bicyclic) bond motifs is 5. The molecule has 0 unspecified atom stereocenters. The third-order valence-corrected chi connectivity index (χ3v) is 11.0. The van der Waals surface area contributed by atoms with Crippen molar-refractivity contribution in [2.24, 2.45) is 17.3 Å². The van der Waals surface area contributed by atoms with Crippen LogP contribution in [-0.2, 0) is 20.7 Å². The van der Waals surface area contributed by atoms with Gasteiger partial charge in [-0.3, -0.25) is 4.79 Å².